The molecule has 10 heavy (non-hydrogen) atoms. The molecule has 0 saturated heterocycles. The third-order valence-corrected chi connectivity index (χ3v) is 0.756. The van der Waals surface area contributed by atoms with Crippen LogP contribution in [0.5, 0.6) is 5.75 Å². The minimum absolute atomic E-state index is 0. The first kappa shape index (κ1) is 17.3. The molecule has 0 heterocycles. The summed E-state index contributed by atoms with van der Waals surface area (Å²) >= 11 is 0. The van der Waals surface area contributed by atoms with Crippen LogP contribution in [-0.4, -0.2) is 5.11 Å². The van der Waals surface area contributed by atoms with Gasteiger partial charge in [-0.25, -0.2) is 0 Å². The van der Waals surface area contributed by atoms with Crippen LogP contribution in [0.25, 0.3) is 0 Å². The normalized spacial score (nSPS) is 6.00. The second-order valence-electron chi connectivity index (χ2n) is 1.34. The van der Waals surface area contributed by atoms with Crippen molar-refractivity contribution in [1.29, 1.82) is 0 Å². The Balaban J connectivity index is -0.000000163. The molecular formula is C6H8I2OOs. The van der Waals surface area contributed by atoms with Crippen molar-refractivity contribution in [1.82, 2.24) is 0 Å². The summed E-state index contributed by atoms with van der Waals surface area (Å²) in [6.45, 7) is 0. The van der Waals surface area contributed by atoms with Crippen LogP contribution in [0.4, 0.5) is 0 Å². The quantitative estimate of drug-likeness (QED) is 0.503. The molecule has 1 aromatic rings. The van der Waals surface area contributed by atoms with Crippen molar-refractivity contribution in [2.45, 2.75) is 0 Å². The average Bonchev–Trinajstić information content (AvgIpc) is 1.69. The summed E-state index contributed by atoms with van der Waals surface area (Å²) in [5.74, 6) is 0.322. The second kappa shape index (κ2) is 10.1. The summed E-state index contributed by atoms with van der Waals surface area (Å²) in [7, 11) is 0. The summed E-state index contributed by atoms with van der Waals surface area (Å²) < 4.78 is 0. The average molecular weight is 540 g/mol. The molecule has 1 N–H and O–H groups in total. The van der Waals surface area contributed by atoms with Gasteiger partial charge in [0.1, 0.15) is 5.75 Å². The number of hydrogen-bond donors (Lipinski definition) is 1. The van der Waals surface area contributed by atoms with Crippen LogP contribution in [0.1, 0.15) is 0 Å². The summed E-state index contributed by atoms with van der Waals surface area (Å²) in [5.41, 5.74) is 0. The first-order valence-corrected chi connectivity index (χ1v) is 2.13. The van der Waals surface area contributed by atoms with Gasteiger partial charge in [-0.15, -0.1) is 48.0 Å². The molecule has 0 aliphatic heterocycles. The molecule has 0 atom stereocenters. The van der Waals surface area contributed by atoms with Crippen LogP contribution >= 0.6 is 48.0 Å². The topological polar surface area (TPSA) is 20.2 Å². The SMILES string of the molecule is I.I.Oc1ccccc1.[Os]. The van der Waals surface area contributed by atoms with Gasteiger partial charge in [0.25, 0.3) is 0 Å². The van der Waals surface area contributed by atoms with Crippen molar-refractivity contribution in [2.24, 2.45) is 0 Å². The molecule has 1 rings (SSSR count). The number of halogens is 2. The van der Waals surface area contributed by atoms with Gasteiger partial charge in [-0.3, -0.25) is 0 Å². The third-order valence-electron chi connectivity index (χ3n) is 0.756. The Bertz CT molecular complexity index is 146. The largest absolute Gasteiger partial charge is 0.508 e. The molecule has 0 unspecified atom stereocenters. The van der Waals surface area contributed by atoms with E-state index in [0.29, 0.717) is 5.75 Å². The number of aromatic hydroxyl groups is 1. The van der Waals surface area contributed by atoms with Gasteiger partial charge in [-0.05, 0) is 12.1 Å². The van der Waals surface area contributed by atoms with E-state index >= 15 is 0 Å². The molecule has 0 amide bonds. The molecule has 0 bridgehead atoms. The monoisotopic (exact) mass is 542 g/mol. The Morgan fingerprint density at radius 3 is 1.50 bits per heavy atom. The number of benzene rings is 1. The van der Waals surface area contributed by atoms with Gasteiger partial charge >= 0.3 is 0 Å². The van der Waals surface area contributed by atoms with Crippen LogP contribution in [0.3, 0.4) is 0 Å². The zero-order valence-electron chi connectivity index (χ0n) is 5.00. The Morgan fingerprint density at radius 2 is 1.30 bits per heavy atom. The minimum atomic E-state index is 0. The van der Waals surface area contributed by atoms with E-state index in [-0.39, 0.29) is 67.7 Å². The first-order chi connectivity index (χ1) is 3.39. The standard InChI is InChI=1S/C6H6O.2HI.Os/c7-6-4-2-1-3-5-6;;;/h1-5,7H;2*1H;. The van der Waals surface area contributed by atoms with E-state index in [1.54, 1.807) is 24.3 Å². The van der Waals surface area contributed by atoms with Crippen LogP contribution < -0.4 is 0 Å². The predicted molar refractivity (Wildman–Crippen MR) is 58.9 cm³/mol. The molecule has 4 heteroatoms. The van der Waals surface area contributed by atoms with Crippen molar-refractivity contribution in [2.75, 3.05) is 0 Å². The van der Waals surface area contributed by atoms with Crippen LogP contribution in [0.2, 0.25) is 0 Å². The van der Waals surface area contributed by atoms with Crippen LogP contribution in [-0.2, 0) is 19.8 Å². The Labute approximate surface area is 108 Å². The van der Waals surface area contributed by atoms with Crippen molar-refractivity contribution >= 4 is 48.0 Å². The Kier molecular flexibility index (Phi) is 17.5. The minimum Gasteiger partial charge on any atom is -0.508 e. The molecule has 0 saturated carbocycles. The van der Waals surface area contributed by atoms with E-state index in [0.717, 1.165) is 0 Å². The van der Waals surface area contributed by atoms with Gasteiger partial charge in [0.15, 0.2) is 0 Å². The van der Waals surface area contributed by atoms with E-state index in [1.807, 2.05) is 6.07 Å². The smallest absolute Gasteiger partial charge is 0.115 e. The molecule has 0 aromatic heterocycles. The van der Waals surface area contributed by atoms with Gasteiger partial charge in [-0.2, -0.15) is 0 Å². The van der Waals surface area contributed by atoms with Gasteiger partial charge < -0.3 is 5.11 Å². The fraction of sp³-hybridized carbons (Fsp3) is 0. The molecule has 0 aliphatic rings. The summed E-state index contributed by atoms with van der Waals surface area (Å²) in [6, 6.07) is 8.71. The number of para-hydroxylation sites is 1. The maximum atomic E-state index is 8.63. The summed E-state index contributed by atoms with van der Waals surface area (Å²) in [6.07, 6.45) is 0. The molecular weight excluding hydrogens is 532 g/mol. The van der Waals surface area contributed by atoms with E-state index in [2.05, 4.69) is 0 Å². The van der Waals surface area contributed by atoms with E-state index in [1.165, 1.54) is 0 Å². The number of hydrogen-bond acceptors (Lipinski definition) is 1. The summed E-state index contributed by atoms with van der Waals surface area (Å²) in [4.78, 5) is 0. The van der Waals surface area contributed by atoms with Crippen molar-refractivity contribution < 1.29 is 24.9 Å². The predicted octanol–water partition coefficient (Wildman–Crippen LogP) is 2.63. The van der Waals surface area contributed by atoms with E-state index in [9.17, 15) is 0 Å². The van der Waals surface area contributed by atoms with Crippen LogP contribution in [0.15, 0.2) is 30.3 Å². The molecule has 0 fully saturated rings. The molecule has 0 aliphatic carbocycles. The zero-order chi connectivity index (χ0) is 5.11. The maximum absolute atomic E-state index is 8.63. The first-order valence-electron chi connectivity index (χ1n) is 2.13. The van der Waals surface area contributed by atoms with Crippen molar-refractivity contribution in [3.8, 4) is 5.75 Å². The van der Waals surface area contributed by atoms with Gasteiger partial charge in [-0.1, -0.05) is 18.2 Å². The van der Waals surface area contributed by atoms with Crippen LogP contribution in [0, 0.1) is 0 Å². The van der Waals surface area contributed by atoms with Crippen molar-refractivity contribution in [3.63, 3.8) is 0 Å². The van der Waals surface area contributed by atoms with Gasteiger partial charge in [0, 0.05) is 19.8 Å². The van der Waals surface area contributed by atoms with Gasteiger partial charge in [0.2, 0.25) is 0 Å². The number of phenols is 1. The fourth-order valence-corrected chi connectivity index (χ4v) is 0.428. The summed E-state index contributed by atoms with van der Waals surface area (Å²) in [5, 5.41) is 8.63. The molecule has 60 valence electrons. The van der Waals surface area contributed by atoms with E-state index < -0.39 is 0 Å². The third kappa shape index (κ3) is 7.23. The van der Waals surface area contributed by atoms with Crippen molar-refractivity contribution in [3.05, 3.63) is 30.3 Å². The van der Waals surface area contributed by atoms with E-state index in [4.69, 9.17) is 5.11 Å². The Hall–Kier alpha value is 1.12. The second-order valence-corrected chi connectivity index (χ2v) is 1.34. The number of phenolic OH excluding ortho intramolecular Hbond substituents is 1. The fourth-order valence-electron chi connectivity index (χ4n) is 0.428. The zero-order valence-corrected chi connectivity index (χ0v) is 12.2. The Morgan fingerprint density at radius 1 is 0.900 bits per heavy atom. The molecule has 1 aromatic carbocycles. The van der Waals surface area contributed by atoms with Gasteiger partial charge in [0.05, 0.1) is 0 Å². The molecule has 1 nitrogen and oxygen atoms in total. The number of rotatable bonds is 0. The molecule has 0 spiro atoms. The maximum Gasteiger partial charge on any atom is 0.115 e. The molecule has 0 radical (unpaired) electrons.